The lowest BCUT2D eigenvalue weighted by Crippen LogP contribution is -2.35. The first kappa shape index (κ1) is 19.3. The maximum Gasteiger partial charge on any atom is 0.294 e. The molecule has 0 radical (unpaired) electrons. The molecule has 1 atom stereocenters. The van der Waals surface area contributed by atoms with Gasteiger partial charge in [0.25, 0.3) is 5.91 Å². The molecule has 0 saturated carbocycles. The molecule has 7 nitrogen and oxygen atoms in total. The van der Waals surface area contributed by atoms with Gasteiger partial charge < -0.3 is 5.11 Å². The first-order valence-electron chi connectivity index (χ1n) is 9.96. The highest BCUT2D eigenvalue weighted by atomic mass is 32.1. The zero-order chi connectivity index (χ0) is 21.2. The molecule has 1 amide bonds. The topological polar surface area (TPSA) is 91.6 Å². The molecule has 1 unspecified atom stereocenters. The fourth-order valence-corrected chi connectivity index (χ4v) is 4.54. The van der Waals surface area contributed by atoms with Crippen LogP contribution in [-0.4, -0.2) is 42.7 Å². The van der Waals surface area contributed by atoms with Gasteiger partial charge in [-0.15, -0.1) is 11.3 Å². The fraction of sp³-hybridized carbons (Fsp3) is 0.174. The van der Waals surface area contributed by atoms with Crippen LogP contribution in [0.25, 0.3) is 10.6 Å². The van der Waals surface area contributed by atoms with Gasteiger partial charge in [0.1, 0.15) is 10.7 Å². The van der Waals surface area contributed by atoms with E-state index in [4.69, 9.17) is 0 Å². The number of hydrazone groups is 1. The molecule has 1 N–H and O–H groups in total. The molecule has 1 aliphatic heterocycles. The Hall–Kier alpha value is -3.65. The molecule has 2 aliphatic rings. The summed E-state index contributed by atoms with van der Waals surface area (Å²) in [5, 5.41) is 19.1. The predicted octanol–water partition coefficient (Wildman–Crippen LogP) is 4.38. The number of hydrogen-bond donors (Lipinski definition) is 1. The SMILES string of the molecule is O=C(c1csc(-c2ccncc2)n1)N1N=C(c2cccnc2)CC1C1=C(O)CCC=C1. The van der Waals surface area contributed by atoms with Crippen LogP contribution in [0.1, 0.15) is 35.3 Å². The average molecular weight is 430 g/mol. The van der Waals surface area contributed by atoms with Crippen molar-refractivity contribution in [3.05, 3.63) is 89.2 Å². The number of thiazole rings is 1. The van der Waals surface area contributed by atoms with E-state index in [1.54, 1.807) is 30.2 Å². The summed E-state index contributed by atoms with van der Waals surface area (Å²) in [6.45, 7) is 0. The largest absolute Gasteiger partial charge is 0.512 e. The molecule has 3 aromatic rings. The number of carbonyl (C=O) groups excluding carboxylic acids is 1. The molecule has 0 spiro atoms. The number of allylic oxidation sites excluding steroid dienone is 2. The fourth-order valence-electron chi connectivity index (χ4n) is 3.74. The van der Waals surface area contributed by atoms with Gasteiger partial charge >= 0.3 is 0 Å². The van der Waals surface area contributed by atoms with Crippen molar-refractivity contribution < 1.29 is 9.90 Å². The molecule has 8 heteroatoms. The Morgan fingerprint density at radius 2 is 2.00 bits per heavy atom. The second kappa shape index (κ2) is 8.23. The van der Waals surface area contributed by atoms with E-state index in [9.17, 15) is 9.90 Å². The highest BCUT2D eigenvalue weighted by Gasteiger charge is 2.37. The standard InChI is InChI=1S/C23H19N5O2S/c29-21-6-2-1-5-17(21)20-12-18(16-4-3-9-25-13-16)27-28(20)23(30)19-14-31-22(26-19)15-7-10-24-11-8-15/h1,3-5,7-11,13-14,20,29H,2,6,12H2. The molecule has 0 fully saturated rings. The summed E-state index contributed by atoms with van der Waals surface area (Å²) >= 11 is 1.40. The van der Waals surface area contributed by atoms with Gasteiger partial charge in [0.2, 0.25) is 0 Å². The van der Waals surface area contributed by atoms with Crippen LogP contribution in [0.4, 0.5) is 0 Å². The second-order valence-electron chi connectivity index (χ2n) is 7.27. The molecule has 0 aromatic carbocycles. The van der Waals surface area contributed by atoms with Gasteiger partial charge in [-0.1, -0.05) is 18.2 Å². The lowest BCUT2D eigenvalue weighted by atomic mass is 9.93. The second-order valence-corrected chi connectivity index (χ2v) is 8.13. The molecule has 154 valence electrons. The van der Waals surface area contributed by atoms with E-state index in [0.29, 0.717) is 24.3 Å². The number of rotatable bonds is 4. The third-order valence-electron chi connectivity index (χ3n) is 5.30. The quantitative estimate of drug-likeness (QED) is 0.664. The molecular formula is C23H19N5O2S. The van der Waals surface area contributed by atoms with Crippen LogP contribution in [0.3, 0.4) is 0 Å². The van der Waals surface area contributed by atoms with Gasteiger partial charge in [-0.05, 0) is 24.6 Å². The average Bonchev–Trinajstić information content (AvgIpc) is 3.48. The molecule has 0 saturated heterocycles. The van der Waals surface area contributed by atoms with Crippen LogP contribution < -0.4 is 0 Å². The summed E-state index contributed by atoms with van der Waals surface area (Å²) in [6, 6.07) is 7.10. The number of nitrogens with zero attached hydrogens (tertiary/aromatic N) is 5. The summed E-state index contributed by atoms with van der Waals surface area (Å²) in [7, 11) is 0. The van der Waals surface area contributed by atoms with E-state index < -0.39 is 0 Å². The number of amides is 1. The lowest BCUT2D eigenvalue weighted by molar-refractivity contribution is 0.0729. The number of carbonyl (C=O) groups is 1. The van der Waals surface area contributed by atoms with Crippen molar-refractivity contribution in [3.8, 4) is 10.6 Å². The van der Waals surface area contributed by atoms with E-state index in [0.717, 1.165) is 33.8 Å². The number of aliphatic hydroxyl groups excluding tert-OH is 1. The molecular weight excluding hydrogens is 410 g/mol. The molecule has 5 rings (SSSR count). The molecule has 1 aliphatic carbocycles. The minimum atomic E-state index is -0.384. The number of aromatic nitrogens is 3. The Balaban J connectivity index is 1.50. The van der Waals surface area contributed by atoms with Gasteiger partial charge in [-0.3, -0.25) is 14.8 Å². The van der Waals surface area contributed by atoms with Gasteiger partial charge in [-0.2, -0.15) is 5.10 Å². The van der Waals surface area contributed by atoms with Crippen molar-refractivity contribution in [2.45, 2.75) is 25.3 Å². The van der Waals surface area contributed by atoms with Crippen molar-refractivity contribution in [2.24, 2.45) is 5.10 Å². The van der Waals surface area contributed by atoms with Crippen molar-refractivity contribution in [1.82, 2.24) is 20.0 Å². The van der Waals surface area contributed by atoms with E-state index >= 15 is 0 Å². The Labute approximate surface area is 183 Å². The normalized spacial score (nSPS) is 18.4. The Kier molecular flexibility index (Phi) is 5.13. The molecule has 3 aromatic heterocycles. The van der Waals surface area contributed by atoms with Crippen molar-refractivity contribution in [2.75, 3.05) is 0 Å². The summed E-state index contributed by atoms with van der Waals surface area (Å²) in [4.78, 5) is 26.2. The maximum absolute atomic E-state index is 13.4. The third-order valence-corrected chi connectivity index (χ3v) is 6.19. The number of hydrogen-bond acceptors (Lipinski definition) is 7. The third kappa shape index (κ3) is 3.77. The van der Waals surface area contributed by atoms with Crippen LogP contribution in [0.2, 0.25) is 0 Å². The first-order valence-corrected chi connectivity index (χ1v) is 10.8. The summed E-state index contributed by atoms with van der Waals surface area (Å²) in [6.07, 6.45) is 12.6. The Bertz CT molecular complexity index is 1200. The molecule has 31 heavy (non-hydrogen) atoms. The van der Waals surface area contributed by atoms with E-state index in [1.807, 2.05) is 36.4 Å². The zero-order valence-electron chi connectivity index (χ0n) is 16.5. The Morgan fingerprint density at radius 3 is 2.77 bits per heavy atom. The van der Waals surface area contributed by atoms with E-state index in [2.05, 4.69) is 20.1 Å². The Morgan fingerprint density at radius 1 is 1.13 bits per heavy atom. The van der Waals surface area contributed by atoms with Crippen molar-refractivity contribution in [3.63, 3.8) is 0 Å². The van der Waals surface area contributed by atoms with Crippen LogP contribution in [0, 0.1) is 0 Å². The first-order chi connectivity index (χ1) is 15.2. The zero-order valence-corrected chi connectivity index (χ0v) is 17.4. The highest BCUT2D eigenvalue weighted by molar-refractivity contribution is 7.13. The molecule has 4 heterocycles. The van der Waals surface area contributed by atoms with E-state index in [1.165, 1.54) is 16.3 Å². The van der Waals surface area contributed by atoms with Crippen LogP contribution in [0.5, 0.6) is 0 Å². The smallest absolute Gasteiger partial charge is 0.294 e. The summed E-state index contributed by atoms with van der Waals surface area (Å²) in [5.74, 6) is 0.0170. The predicted molar refractivity (Wildman–Crippen MR) is 119 cm³/mol. The summed E-state index contributed by atoms with van der Waals surface area (Å²) in [5.41, 5.74) is 3.59. The lowest BCUT2D eigenvalue weighted by Gasteiger charge is -2.24. The van der Waals surface area contributed by atoms with Crippen LogP contribution in [-0.2, 0) is 0 Å². The van der Waals surface area contributed by atoms with Crippen LogP contribution in [0.15, 0.2) is 83.0 Å². The minimum Gasteiger partial charge on any atom is -0.512 e. The van der Waals surface area contributed by atoms with Crippen LogP contribution >= 0.6 is 11.3 Å². The maximum atomic E-state index is 13.4. The number of aliphatic hydroxyl groups is 1. The van der Waals surface area contributed by atoms with Gasteiger partial charge in [0, 0.05) is 59.7 Å². The van der Waals surface area contributed by atoms with Gasteiger partial charge in [-0.25, -0.2) is 9.99 Å². The monoisotopic (exact) mass is 429 g/mol. The van der Waals surface area contributed by atoms with Crippen molar-refractivity contribution in [1.29, 1.82) is 0 Å². The number of pyridine rings is 2. The molecule has 0 bridgehead atoms. The summed E-state index contributed by atoms with van der Waals surface area (Å²) < 4.78 is 0. The highest BCUT2D eigenvalue weighted by Crippen LogP contribution is 2.32. The van der Waals surface area contributed by atoms with Crippen molar-refractivity contribution >= 4 is 23.0 Å². The van der Waals surface area contributed by atoms with Gasteiger partial charge in [0.05, 0.1) is 17.5 Å². The van der Waals surface area contributed by atoms with Gasteiger partial charge in [0.15, 0.2) is 0 Å². The van der Waals surface area contributed by atoms with E-state index in [-0.39, 0.29) is 11.9 Å². The minimum absolute atomic E-state index is 0.292.